The van der Waals surface area contributed by atoms with Crippen molar-refractivity contribution in [3.05, 3.63) is 35.9 Å². The Morgan fingerprint density at radius 2 is 1.76 bits per heavy atom. The predicted molar refractivity (Wildman–Crippen MR) is 89.3 cm³/mol. The number of benzene rings is 1. The lowest BCUT2D eigenvalue weighted by Gasteiger charge is -2.24. The van der Waals surface area contributed by atoms with Gasteiger partial charge in [-0.05, 0) is 19.5 Å². The van der Waals surface area contributed by atoms with Crippen molar-refractivity contribution in [2.45, 2.75) is 13.0 Å². The molecule has 1 aromatic carbocycles. The minimum absolute atomic E-state index is 0.210. The molecule has 0 aromatic heterocycles. The fourth-order valence-electron chi connectivity index (χ4n) is 1.75. The summed E-state index contributed by atoms with van der Waals surface area (Å²) in [7, 11) is 5.68. The molecule has 1 unspecified atom stereocenters. The highest BCUT2D eigenvalue weighted by Gasteiger charge is 2.10. The zero-order chi connectivity index (χ0) is 15.8. The summed E-state index contributed by atoms with van der Waals surface area (Å²) in [6, 6.07) is 10.7. The van der Waals surface area contributed by atoms with Gasteiger partial charge in [-0.25, -0.2) is 0 Å². The lowest BCUT2D eigenvalue weighted by molar-refractivity contribution is 0.269. The van der Waals surface area contributed by atoms with Crippen LogP contribution in [-0.2, 0) is 0 Å². The average Bonchev–Trinajstić information content (AvgIpc) is 2.47. The maximum Gasteiger partial charge on any atom is 0.218 e. The standard InChI is InChI=1S/C15H26N6/c1-12(13-8-6-5-7-9-13)21(4)11-10-18-14(16)19-15(17)20(2)3/h5-9,12H,10-11H2,1-4H3,(H4,16,17,18,19). The molecular formula is C15H26N6. The molecule has 0 fully saturated rings. The van der Waals surface area contributed by atoms with Crippen LogP contribution in [0.25, 0.3) is 0 Å². The minimum Gasteiger partial charge on any atom is -0.369 e. The number of likely N-dealkylation sites (N-methyl/N-ethyl adjacent to an activating group) is 1. The molecule has 0 radical (unpaired) electrons. The Balaban J connectivity index is 2.50. The smallest absolute Gasteiger partial charge is 0.218 e. The number of nitrogens with zero attached hydrogens (tertiary/aromatic N) is 4. The van der Waals surface area contributed by atoms with Crippen LogP contribution in [0.15, 0.2) is 40.3 Å². The van der Waals surface area contributed by atoms with Gasteiger partial charge in [0.25, 0.3) is 0 Å². The largest absolute Gasteiger partial charge is 0.369 e. The van der Waals surface area contributed by atoms with Crippen molar-refractivity contribution in [1.82, 2.24) is 9.80 Å². The minimum atomic E-state index is 0.210. The summed E-state index contributed by atoms with van der Waals surface area (Å²) >= 11 is 0. The molecule has 21 heavy (non-hydrogen) atoms. The van der Waals surface area contributed by atoms with E-state index in [9.17, 15) is 0 Å². The van der Waals surface area contributed by atoms with Gasteiger partial charge in [0.05, 0.1) is 6.54 Å². The summed E-state index contributed by atoms with van der Waals surface area (Å²) in [5, 5.41) is 0. The van der Waals surface area contributed by atoms with Gasteiger partial charge in [-0.2, -0.15) is 4.99 Å². The number of hydrogen-bond acceptors (Lipinski definition) is 2. The molecular weight excluding hydrogens is 264 g/mol. The van der Waals surface area contributed by atoms with Crippen LogP contribution in [0.1, 0.15) is 18.5 Å². The fraction of sp³-hybridized carbons (Fsp3) is 0.467. The average molecular weight is 290 g/mol. The Hall–Kier alpha value is -2.08. The van der Waals surface area contributed by atoms with Crippen LogP contribution in [0.3, 0.4) is 0 Å². The number of nitrogens with two attached hydrogens (primary N) is 2. The maximum atomic E-state index is 5.72. The van der Waals surface area contributed by atoms with Crippen LogP contribution in [0, 0.1) is 0 Å². The summed E-state index contributed by atoms with van der Waals surface area (Å²) in [5.41, 5.74) is 12.7. The van der Waals surface area contributed by atoms with Crippen LogP contribution in [0.5, 0.6) is 0 Å². The molecule has 0 bridgehead atoms. The molecule has 0 heterocycles. The number of guanidine groups is 2. The molecule has 1 rings (SSSR count). The lowest BCUT2D eigenvalue weighted by atomic mass is 10.1. The van der Waals surface area contributed by atoms with Crippen molar-refractivity contribution in [1.29, 1.82) is 0 Å². The van der Waals surface area contributed by atoms with Gasteiger partial charge in [-0.3, -0.25) is 9.89 Å². The second-order valence-electron chi connectivity index (χ2n) is 5.17. The molecule has 0 saturated heterocycles. The van der Waals surface area contributed by atoms with E-state index in [1.54, 1.807) is 19.0 Å². The van der Waals surface area contributed by atoms with E-state index in [1.807, 2.05) is 6.07 Å². The molecule has 0 aliphatic heterocycles. The Labute approximate surface area is 127 Å². The highest BCUT2D eigenvalue weighted by molar-refractivity contribution is 5.93. The van der Waals surface area contributed by atoms with Gasteiger partial charge >= 0.3 is 0 Å². The third-order valence-corrected chi connectivity index (χ3v) is 3.36. The third kappa shape index (κ3) is 5.83. The Morgan fingerprint density at radius 3 is 2.33 bits per heavy atom. The van der Waals surface area contributed by atoms with Gasteiger partial charge < -0.3 is 16.4 Å². The van der Waals surface area contributed by atoms with E-state index in [1.165, 1.54) is 5.56 Å². The van der Waals surface area contributed by atoms with E-state index in [0.29, 0.717) is 18.5 Å². The SMILES string of the molecule is CC(c1ccccc1)N(C)CCN=C(N)N=C(N)N(C)C. The van der Waals surface area contributed by atoms with Crippen molar-refractivity contribution in [2.75, 3.05) is 34.2 Å². The van der Waals surface area contributed by atoms with Gasteiger partial charge in [0.1, 0.15) is 0 Å². The van der Waals surface area contributed by atoms with Crippen molar-refractivity contribution in [3.8, 4) is 0 Å². The maximum absolute atomic E-state index is 5.72. The highest BCUT2D eigenvalue weighted by Crippen LogP contribution is 2.17. The Kier molecular flexibility index (Phi) is 6.68. The molecule has 0 amide bonds. The number of hydrogen-bond donors (Lipinski definition) is 2. The predicted octanol–water partition coefficient (Wildman–Crippen LogP) is 0.870. The first-order valence-corrected chi connectivity index (χ1v) is 6.98. The molecule has 116 valence electrons. The third-order valence-electron chi connectivity index (χ3n) is 3.36. The molecule has 0 aliphatic rings. The summed E-state index contributed by atoms with van der Waals surface area (Å²) in [4.78, 5) is 12.1. The summed E-state index contributed by atoms with van der Waals surface area (Å²) < 4.78 is 0. The molecule has 1 aromatic rings. The van der Waals surface area contributed by atoms with E-state index in [4.69, 9.17) is 11.5 Å². The number of aliphatic imine (C=N–C) groups is 2. The second kappa shape index (κ2) is 8.26. The van der Waals surface area contributed by atoms with Gasteiger partial charge in [0.2, 0.25) is 5.96 Å². The molecule has 0 saturated carbocycles. The first-order chi connectivity index (χ1) is 9.91. The van der Waals surface area contributed by atoms with E-state index in [2.05, 4.69) is 53.1 Å². The molecule has 4 N–H and O–H groups in total. The first kappa shape index (κ1) is 17.0. The van der Waals surface area contributed by atoms with Crippen LogP contribution in [-0.4, -0.2) is 56.0 Å². The molecule has 1 atom stereocenters. The van der Waals surface area contributed by atoms with Crippen LogP contribution in [0.2, 0.25) is 0 Å². The molecule has 6 heteroatoms. The molecule has 6 nitrogen and oxygen atoms in total. The van der Waals surface area contributed by atoms with E-state index < -0.39 is 0 Å². The second-order valence-corrected chi connectivity index (χ2v) is 5.17. The zero-order valence-corrected chi connectivity index (χ0v) is 13.3. The highest BCUT2D eigenvalue weighted by atomic mass is 15.2. The molecule has 0 spiro atoms. The van der Waals surface area contributed by atoms with Gasteiger partial charge in [-0.15, -0.1) is 0 Å². The lowest BCUT2D eigenvalue weighted by Crippen LogP contribution is -2.32. The normalized spacial score (nSPS) is 14.3. The van der Waals surface area contributed by atoms with Crippen molar-refractivity contribution < 1.29 is 0 Å². The fourth-order valence-corrected chi connectivity index (χ4v) is 1.75. The quantitative estimate of drug-likeness (QED) is 0.622. The van der Waals surface area contributed by atoms with Crippen LogP contribution >= 0.6 is 0 Å². The van der Waals surface area contributed by atoms with Crippen molar-refractivity contribution in [2.24, 2.45) is 21.5 Å². The van der Waals surface area contributed by atoms with Gasteiger partial charge in [0, 0.05) is 26.7 Å². The summed E-state index contributed by atoms with van der Waals surface area (Å²) in [6.07, 6.45) is 0. The Bertz CT molecular complexity index is 480. The van der Waals surface area contributed by atoms with Crippen LogP contribution < -0.4 is 11.5 Å². The van der Waals surface area contributed by atoms with Crippen LogP contribution in [0.4, 0.5) is 0 Å². The Morgan fingerprint density at radius 1 is 1.14 bits per heavy atom. The topological polar surface area (TPSA) is 83.2 Å². The van der Waals surface area contributed by atoms with Crippen molar-refractivity contribution in [3.63, 3.8) is 0 Å². The zero-order valence-electron chi connectivity index (χ0n) is 13.3. The number of rotatable bonds is 5. The van der Waals surface area contributed by atoms with E-state index in [-0.39, 0.29) is 5.96 Å². The van der Waals surface area contributed by atoms with E-state index in [0.717, 1.165) is 6.54 Å². The first-order valence-electron chi connectivity index (χ1n) is 6.98. The van der Waals surface area contributed by atoms with Crippen molar-refractivity contribution >= 4 is 11.9 Å². The molecule has 0 aliphatic carbocycles. The summed E-state index contributed by atoms with van der Waals surface area (Å²) in [6.45, 7) is 3.56. The monoisotopic (exact) mass is 290 g/mol. The van der Waals surface area contributed by atoms with Gasteiger partial charge in [-0.1, -0.05) is 30.3 Å². The van der Waals surface area contributed by atoms with Gasteiger partial charge in [0.15, 0.2) is 5.96 Å². The summed E-state index contributed by atoms with van der Waals surface area (Å²) in [5.74, 6) is 0.559. The van der Waals surface area contributed by atoms with E-state index >= 15 is 0 Å².